The average Bonchev–Trinajstić information content (AvgIpc) is 2.64. The lowest BCUT2D eigenvalue weighted by Gasteiger charge is -2.10. The van der Waals surface area contributed by atoms with Gasteiger partial charge in [0.2, 0.25) is 0 Å². The molecule has 0 atom stereocenters. The van der Waals surface area contributed by atoms with E-state index in [1.807, 2.05) is 60.7 Å². The summed E-state index contributed by atoms with van der Waals surface area (Å²) in [5, 5.41) is 4.63. The van der Waals surface area contributed by atoms with E-state index in [1.165, 1.54) is 0 Å². The summed E-state index contributed by atoms with van der Waals surface area (Å²) in [7, 11) is 1.65. The Labute approximate surface area is 136 Å². The van der Waals surface area contributed by atoms with Crippen LogP contribution in [0.4, 0.5) is 5.69 Å². The number of nitrogens with zero attached hydrogens (tertiary/aromatic N) is 1. The van der Waals surface area contributed by atoms with Gasteiger partial charge >= 0.3 is 0 Å². The number of hydrogen-bond donors (Lipinski definition) is 1. The second-order valence-electron chi connectivity index (χ2n) is 5.00. The minimum atomic E-state index is 0.761. The molecule has 0 aromatic heterocycles. The molecule has 0 unspecified atom stereocenters. The van der Waals surface area contributed by atoms with E-state index in [9.17, 15) is 0 Å². The Hall–Kier alpha value is -3.07. The number of hydrazone groups is 1. The predicted molar refractivity (Wildman–Crippen MR) is 95.1 cm³/mol. The van der Waals surface area contributed by atoms with Crippen molar-refractivity contribution in [2.75, 3.05) is 12.5 Å². The summed E-state index contributed by atoms with van der Waals surface area (Å²) < 4.78 is 5.36. The van der Waals surface area contributed by atoms with Crippen LogP contribution in [0.1, 0.15) is 11.1 Å². The van der Waals surface area contributed by atoms with Gasteiger partial charge in [-0.25, -0.2) is 0 Å². The zero-order valence-electron chi connectivity index (χ0n) is 12.9. The number of nitrogens with one attached hydrogen (secondary N) is 1. The SMILES string of the molecule is COc1ccccc1NN=C(c1ccccc1)c1ccccc1. The number of hydrogen-bond acceptors (Lipinski definition) is 3. The van der Waals surface area contributed by atoms with Crippen LogP contribution in [-0.4, -0.2) is 12.8 Å². The third-order valence-corrected chi connectivity index (χ3v) is 3.49. The normalized spacial score (nSPS) is 9.96. The summed E-state index contributed by atoms with van der Waals surface area (Å²) in [6.07, 6.45) is 0. The van der Waals surface area contributed by atoms with E-state index in [0.717, 1.165) is 28.3 Å². The van der Waals surface area contributed by atoms with Crippen LogP contribution in [0.25, 0.3) is 0 Å². The van der Waals surface area contributed by atoms with Crippen LogP contribution >= 0.6 is 0 Å². The highest BCUT2D eigenvalue weighted by atomic mass is 16.5. The van der Waals surface area contributed by atoms with Crippen LogP contribution in [-0.2, 0) is 0 Å². The standard InChI is InChI=1S/C20H18N2O/c1-23-19-15-9-8-14-18(19)21-22-20(16-10-4-2-5-11-16)17-12-6-3-7-13-17/h2-15,21H,1H3. The van der Waals surface area contributed by atoms with Crippen molar-refractivity contribution < 1.29 is 4.74 Å². The van der Waals surface area contributed by atoms with E-state index in [4.69, 9.17) is 4.74 Å². The lowest BCUT2D eigenvalue weighted by Crippen LogP contribution is -2.06. The topological polar surface area (TPSA) is 33.6 Å². The maximum atomic E-state index is 5.36. The molecule has 23 heavy (non-hydrogen) atoms. The van der Waals surface area contributed by atoms with Gasteiger partial charge in [0.25, 0.3) is 0 Å². The molecule has 1 N–H and O–H groups in total. The molecule has 0 fully saturated rings. The van der Waals surface area contributed by atoms with Crippen molar-refractivity contribution in [3.05, 3.63) is 96.1 Å². The van der Waals surface area contributed by atoms with Gasteiger partial charge in [0, 0.05) is 11.1 Å². The molecular weight excluding hydrogens is 284 g/mol. The number of ether oxygens (including phenoxy) is 1. The van der Waals surface area contributed by atoms with Gasteiger partial charge in [-0.2, -0.15) is 5.10 Å². The third kappa shape index (κ3) is 3.58. The smallest absolute Gasteiger partial charge is 0.143 e. The first-order valence-corrected chi connectivity index (χ1v) is 7.46. The number of rotatable bonds is 5. The van der Waals surface area contributed by atoms with Crippen LogP contribution < -0.4 is 10.2 Å². The first-order valence-electron chi connectivity index (χ1n) is 7.46. The molecular formula is C20H18N2O. The van der Waals surface area contributed by atoms with Crippen LogP contribution in [0.15, 0.2) is 90.0 Å². The molecule has 0 amide bonds. The van der Waals surface area contributed by atoms with Crippen molar-refractivity contribution in [1.29, 1.82) is 0 Å². The lowest BCUT2D eigenvalue weighted by molar-refractivity contribution is 0.416. The Morgan fingerprint density at radius 1 is 0.739 bits per heavy atom. The second-order valence-corrected chi connectivity index (χ2v) is 5.00. The summed E-state index contributed by atoms with van der Waals surface area (Å²) in [5.41, 5.74) is 6.96. The molecule has 0 bridgehead atoms. The second kappa shape index (κ2) is 7.27. The molecule has 0 saturated heterocycles. The van der Waals surface area contributed by atoms with Gasteiger partial charge in [-0.15, -0.1) is 0 Å². The molecule has 3 heteroatoms. The molecule has 114 valence electrons. The highest BCUT2D eigenvalue weighted by Crippen LogP contribution is 2.23. The Kier molecular flexibility index (Phi) is 4.69. The highest BCUT2D eigenvalue weighted by Gasteiger charge is 2.07. The fraction of sp³-hybridized carbons (Fsp3) is 0.0500. The van der Waals surface area contributed by atoms with Gasteiger partial charge in [0.1, 0.15) is 5.75 Å². The number of para-hydroxylation sites is 2. The lowest BCUT2D eigenvalue weighted by atomic mass is 10.0. The first kappa shape index (κ1) is 14.9. The number of benzene rings is 3. The Balaban J connectivity index is 1.99. The zero-order chi connectivity index (χ0) is 15.9. The first-order chi connectivity index (χ1) is 11.4. The van der Waals surface area contributed by atoms with Crippen molar-refractivity contribution in [3.8, 4) is 5.75 Å². The third-order valence-electron chi connectivity index (χ3n) is 3.49. The molecule has 0 heterocycles. The summed E-state index contributed by atoms with van der Waals surface area (Å²) in [6, 6.07) is 28.0. The molecule has 0 radical (unpaired) electrons. The minimum Gasteiger partial charge on any atom is -0.495 e. The van der Waals surface area contributed by atoms with Crippen LogP contribution in [0.3, 0.4) is 0 Å². The van der Waals surface area contributed by atoms with Crippen molar-refractivity contribution in [2.45, 2.75) is 0 Å². The van der Waals surface area contributed by atoms with Gasteiger partial charge in [-0.3, -0.25) is 5.43 Å². The van der Waals surface area contributed by atoms with Crippen molar-refractivity contribution in [2.24, 2.45) is 5.10 Å². The number of methoxy groups -OCH3 is 1. The average molecular weight is 302 g/mol. The molecule has 3 rings (SSSR count). The van der Waals surface area contributed by atoms with Crippen molar-refractivity contribution in [3.63, 3.8) is 0 Å². The predicted octanol–water partition coefficient (Wildman–Crippen LogP) is 4.56. The molecule has 3 aromatic carbocycles. The van der Waals surface area contributed by atoms with Gasteiger partial charge < -0.3 is 4.74 Å². The largest absolute Gasteiger partial charge is 0.495 e. The monoisotopic (exact) mass is 302 g/mol. The molecule has 3 nitrogen and oxygen atoms in total. The van der Waals surface area contributed by atoms with E-state index in [1.54, 1.807) is 7.11 Å². The molecule has 3 aromatic rings. The van der Waals surface area contributed by atoms with E-state index in [0.29, 0.717) is 0 Å². The van der Waals surface area contributed by atoms with Crippen molar-refractivity contribution in [1.82, 2.24) is 0 Å². The van der Waals surface area contributed by atoms with E-state index >= 15 is 0 Å². The van der Waals surface area contributed by atoms with Crippen LogP contribution in [0.5, 0.6) is 5.75 Å². The zero-order valence-corrected chi connectivity index (χ0v) is 12.9. The fourth-order valence-corrected chi connectivity index (χ4v) is 2.34. The summed E-state index contributed by atoms with van der Waals surface area (Å²) in [5.74, 6) is 0.761. The van der Waals surface area contributed by atoms with Crippen LogP contribution in [0, 0.1) is 0 Å². The maximum absolute atomic E-state index is 5.36. The summed E-state index contributed by atoms with van der Waals surface area (Å²) >= 11 is 0. The van der Waals surface area contributed by atoms with E-state index < -0.39 is 0 Å². The van der Waals surface area contributed by atoms with Gasteiger partial charge in [0.15, 0.2) is 0 Å². The van der Waals surface area contributed by atoms with Gasteiger partial charge in [-0.1, -0.05) is 72.8 Å². The number of anilines is 1. The molecule has 0 aliphatic rings. The van der Waals surface area contributed by atoms with E-state index in [2.05, 4.69) is 34.8 Å². The van der Waals surface area contributed by atoms with Gasteiger partial charge in [-0.05, 0) is 12.1 Å². The molecule has 0 aliphatic heterocycles. The summed E-state index contributed by atoms with van der Waals surface area (Å²) in [6.45, 7) is 0. The summed E-state index contributed by atoms with van der Waals surface area (Å²) in [4.78, 5) is 0. The minimum absolute atomic E-state index is 0.761. The Morgan fingerprint density at radius 3 is 1.83 bits per heavy atom. The fourth-order valence-electron chi connectivity index (χ4n) is 2.34. The van der Waals surface area contributed by atoms with Crippen LogP contribution in [0.2, 0.25) is 0 Å². The quantitative estimate of drug-likeness (QED) is 0.553. The Bertz CT molecular complexity index is 742. The van der Waals surface area contributed by atoms with E-state index in [-0.39, 0.29) is 0 Å². The molecule has 0 spiro atoms. The maximum Gasteiger partial charge on any atom is 0.143 e. The highest BCUT2D eigenvalue weighted by molar-refractivity contribution is 6.13. The molecule has 0 aliphatic carbocycles. The Morgan fingerprint density at radius 2 is 1.26 bits per heavy atom. The molecule has 0 saturated carbocycles. The van der Waals surface area contributed by atoms with Crippen molar-refractivity contribution >= 4 is 11.4 Å². The van der Waals surface area contributed by atoms with Gasteiger partial charge in [0.05, 0.1) is 18.5 Å².